The van der Waals surface area contributed by atoms with Crippen LogP contribution < -0.4 is 5.32 Å². The predicted octanol–water partition coefficient (Wildman–Crippen LogP) is 5.84. The van der Waals surface area contributed by atoms with Crippen LogP contribution in [0.5, 0.6) is 0 Å². The summed E-state index contributed by atoms with van der Waals surface area (Å²) in [5, 5.41) is 3.55. The smallest absolute Gasteiger partial charge is 0.0991 e. The van der Waals surface area contributed by atoms with Crippen LogP contribution in [0.2, 0.25) is 8.67 Å². The van der Waals surface area contributed by atoms with Crippen molar-refractivity contribution in [2.75, 3.05) is 0 Å². The Hall–Kier alpha value is -0.0600. The molecule has 0 aliphatic heterocycles. The average molecular weight is 320 g/mol. The third kappa shape index (κ3) is 3.28. The Morgan fingerprint density at radius 3 is 2.33 bits per heavy atom. The summed E-state index contributed by atoms with van der Waals surface area (Å²) in [6.07, 6.45) is 0. The first-order chi connectivity index (χ1) is 8.47. The molecule has 0 bridgehead atoms. The lowest BCUT2D eigenvalue weighted by molar-refractivity contribution is 0.501. The van der Waals surface area contributed by atoms with Gasteiger partial charge < -0.3 is 5.32 Å². The van der Waals surface area contributed by atoms with E-state index in [4.69, 9.17) is 23.2 Å². The first-order valence-corrected chi connectivity index (χ1v) is 8.13. The SMILES string of the molecule is Cc1ccc(C(C)NC(C)c2cc(Cl)sc2Cl)s1. The van der Waals surface area contributed by atoms with E-state index in [1.54, 1.807) is 0 Å². The zero-order valence-corrected chi connectivity index (χ0v) is 13.6. The van der Waals surface area contributed by atoms with Crippen LogP contribution in [0.3, 0.4) is 0 Å². The zero-order chi connectivity index (χ0) is 13.3. The van der Waals surface area contributed by atoms with Crippen molar-refractivity contribution in [3.05, 3.63) is 42.2 Å². The topological polar surface area (TPSA) is 12.0 Å². The first-order valence-electron chi connectivity index (χ1n) is 5.74. The predicted molar refractivity (Wildman–Crippen MR) is 83.4 cm³/mol. The van der Waals surface area contributed by atoms with Gasteiger partial charge in [-0.1, -0.05) is 23.2 Å². The number of halogens is 2. The summed E-state index contributed by atoms with van der Waals surface area (Å²) in [4.78, 5) is 2.68. The summed E-state index contributed by atoms with van der Waals surface area (Å²) in [5.41, 5.74) is 1.08. The van der Waals surface area contributed by atoms with Gasteiger partial charge in [-0.2, -0.15) is 0 Å². The largest absolute Gasteiger partial charge is 0.303 e. The van der Waals surface area contributed by atoms with Crippen molar-refractivity contribution >= 4 is 45.9 Å². The summed E-state index contributed by atoms with van der Waals surface area (Å²) >= 11 is 15.4. The fourth-order valence-corrected chi connectivity index (χ4v) is 4.42. The van der Waals surface area contributed by atoms with E-state index in [-0.39, 0.29) is 6.04 Å². The van der Waals surface area contributed by atoms with Crippen LogP contribution >= 0.6 is 45.9 Å². The van der Waals surface area contributed by atoms with Crippen molar-refractivity contribution in [1.29, 1.82) is 0 Å². The molecular weight excluding hydrogens is 305 g/mol. The number of nitrogens with one attached hydrogen (secondary N) is 1. The van der Waals surface area contributed by atoms with Gasteiger partial charge in [0.2, 0.25) is 0 Å². The Bertz CT molecular complexity index is 533. The van der Waals surface area contributed by atoms with Gasteiger partial charge in [-0.05, 0) is 44.5 Å². The maximum Gasteiger partial charge on any atom is 0.0991 e. The van der Waals surface area contributed by atoms with Gasteiger partial charge in [0.05, 0.1) is 8.67 Å². The van der Waals surface area contributed by atoms with Crippen LogP contribution in [0.4, 0.5) is 0 Å². The third-order valence-electron chi connectivity index (χ3n) is 2.84. The first kappa shape index (κ1) is 14.4. The molecule has 2 atom stereocenters. The molecule has 0 radical (unpaired) electrons. The lowest BCUT2D eigenvalue weighted by Gasteiger charge is -2.18. The van der Waals surface area contributed by atoms with Crippen LogP contribution in [-0.4, -0.2) is 0 Å². The molecule has 2 rings (SSSR count). The molecule has 1 nitrogen and oxygen atoms in total. The summed E-state index contributed by atoms with van der Waals surface area (Å²) in [7, 11) is 0. The monoisotopic (exact) mass is 319 g/mol. The number of hydrogen-bond acceptors (Lipinski definition) is 3. The molecule has 0 fully saturated rings. The van der Waals surface area contributed by atoms with Gasteiger partial charge in [-0.15, -0.1) is 22.7 Å². The second kappa shape index (κ2) is 5.93. The minimum Gasteiger partial charge on any atom is -0.303 e. The Kier molecular flexibility index (Phi) is 4.73. The van der Waals surface area contributed by atoms with Gasteiger partial charge in [-0.25, -0.2) is 0 Å². The Morgan fingerprint density at radius 1 is 1.11 bits per heavy atom. The molecule has 2 aromatic rings. The van der Waals surface area contributed by atoms with Crippen molar-refractivity contribution in [2.24, 2.45) is 0 Å². The molecule has 2 aromatic heterocycles. The minimum absolute atomic E-state index is 0.193. The quantitative estimate of drug-likeness (QED) is 0.746. The minimum atomic E-state index is 0.193. The second-order valence-corrected chi connectivity index (χ2v) is 7.94. The molecule has 2 heterocycles. The molecule has 2 unspecified atom stereocenters. The molecule has 0 saturated carbocycles. The molecule has 5 heteroatoms. The van der Waals surface area contributed by atoms with Gasteiger partial charge in [0.1, 0.15) is 0 Å². The summed E-state index contributed by atoms with van der Waals surface area (Å²) < 4.78 is 1.51. The van der Waals surface area contributed by atoms with E-state index in [1.165, 1.54) is 21.1 Å². The average Bonchev–Trinajstić information content (AvgIpc) is 2.84. The molecule has 0 saturated heterocycles. The summed E-state index contributed by atoms with van der Waals surface area (Å²) in [6, 6.07) is 6.77. The highest BCUT2D eigenvalue weighted by Crippen LogP contribution is 2.36. The standard InChI is InChI=1S/C13H15Cl2NS2/c1-7-4-5-11(17-7)9(3)16-8(2)10-6-12(14)18-13(10)15/h4-6,8-9,16H,1-3H3. The highest BCUT2D eigenvalue weighted by atomic mass is 35.5. The van der Waals surface area contributed by atoms with E-state index in [0.29, 0.717) is 6.04 Å². The molecule has 1 N–H and O–H groups in total. The molecule has 0 aromatic carbocycles. The highest BCUT2D eigenvalue weighted by molar-refractivity contribution is 7.20. The van der Waals surface area contributed by atoms with E-state index in [2.05, 4.69) is 38.2 Å². The molecule has 98 valence electrons. The summed E-state index contributed by atoms with van der Waals surface area (Å²) in [5.74, 6) is 0. The van der Waals surface area contributed by atoms with Gasteiger partial charge >= 0.3 is 0 Å². The normalized spacial score (nSPS) is 14.7. The number of hydrogen-bond donors (Lipinski definition) is 1. The maximum atomic E-state index is 6.17. The van der Waals surface area contributed by atoms with Crippen LogP contribution in [0.1, 0.15) is 41.2 Å². The van der Waals surface area contributed by atoms with Crippen LogP contribution in [0.15, 0.2) is 18.2 Å². The van der Waals surface area contributed by atoms with Crippen molar-refractivity contribution in [2.45, 2.75) is 32.9 Å². The van der Waals surface area contributed by atoms with E-state index >= 15 is 0 Å². The summed E-state index contributed by atoms with van der Waals surface area (Å²) in [6.45, 7) is 6.41. The Labute approximate surface area is 126 Å². The van der Waals surface area contributed by atoms with Crippen LogP contribution in [0.25, 0.3) is 0 Å². The molecule has 0 aliphatic carbocycles. The van der Waals surface area contributed by atoms with Crippen molar-refractivity contribution in [3.8, 4) is 0 Å². The zero-order valence-electron chi connectivity index (χ0n) is 10.5. The van der Waals surface area contributed by atoms with Gasteiger partial charge in [-0.3, -0.25) is 0 Å². The van der Waals surface area contributed by atoms with Crippen LogP contribution in [-0.2, 0) is 0 Å². The second-order valence-electron chi connectivity index (χ2n) is 4.34. The fourth-order valence-electron chi connectivity index (χ4n) is 1.88. The molecule has 0 amide bonds. The van der Waals surface area contributed by atoms with Gasteiger partial charge in [0, 0.05) is 21.8 Å². The van der Waals surface area contributed by atoms with E-state index in [1.807, 2.05) is 17.4 Å². The lowest BCUT2D eigenvalue weighted by atomic mass is 10.1. The maximum absolute atomic E-state index is 6.17. The number of aryl methyl sites for hydroxylation is 1. The van der Waals surface area contributed by atoms with Crippen LogP contribution in [0, 0.1) is 6.92 Å². The van der Waals surface area contributed by atoms with Crippen molar-refractivity contribution in [1.82, 2.24) is 5.32 Å². The number of rotatable bonds is 4. The fraction of sp³-hybridized carbons (Fsp3) is 0.385. The Morgan fingerprint density at radius 2 is 1.83 bits per heavy atom. The molecule has 0 spiro atoms. The van der Waals surface area contributed by atoms with E-state index in [0.717, 1.165) is 14.2 Å². The molecule has 0 aliphatic rings. The number of thiophene rings is 2. The van der Waals surface area contributed by atoms with E-state index in [9.17, 15) is 0 Å². The van der Waals surface area contributed by atoms with Crippen molar-refractivity contribution < 1.29 is 0 Å². The highest BCUT2D eigenvalue weighted by Gasteiger charge is 2.16. The van der Waals surface area contributed by atoms with Crippen molar-refractivity contribution in [3.63, 3.8) is 0 Å². The van der Waals surface area contributed by atoms with Gasteiger partial charge in [0.15, 0.2) is 0 Å². The lowest BCUT2D eigenvalue weighted by Crippen LogP contribution is -2.21. The molecule has 18 heavy (non-hydrogen) atoms. The molecular formula is C13H15Cl2NS2. The van der Waals surface area contributed by atoms with Gasteiger partial charge in [0.25, 0.3) is 0 Å². The Balaban J connectivity index is 2.07. The van der Waals surface area contributed by atoms with E-state index < -0.39 is 0 Å². The third-order valence-corrected chi connectivity index (χ3v) is 5.54.